The number of anilines is 1. The van der Waals surface area contributed by atoms with E-state index in [0.717, 1.165) is 5.69 Å². The highest BCUT2D eigenvalue weighted by atomic mass is 32.1. The van der Waals surface area contributed by atoms with Crippen molar-refractivity contribution in [2.24, 2.45) is 0 Å². The number of rotatable bonds is 4. The van der Waals surface area contributed by atoms with E-state index < -0.39 is 0 Å². The quantitative estimate of drug-likeness (QED) is 0.889. The summed E-state index contributed by atoms with van der Waals surface area (Å²) in [5, 5.41) is 5.03. The summed E-state index contributed by atoms with van der Waals surface area (Å²) in [6, 6.07) is 4.37. The van der Waals surface area contributed by atoms with E-state index >= 15 is 0 Å². The Hall–Kier alpha value is -1.62. The van der Waals surface area contributed by atoms with E-state index in [2.05, 4.69) is 10.3 Å². The van der Waals surface area contributed by atoms with Gasteiger partial charge in [0.15, 0.2) is 0 Å². The van der Waals surface area contributed by atoms with Crippen LogP contribution in [0, 0.1) is 5.82 Å². The molecule has 0 atom stereocenters. The molecule has 5 heteroatoms. The number of methoxy groups -OCH3 is 1. The maximum Gasteiger partial charge on any atom is 0.142 e. The third-order valence-electron chi connectivity index (χ3n) is 2.10. The van der Waals surface area contributed by atoms with Crippen LogP contribution < -0.4 is 10.1 Å². The Morgan fingerprint density at radius 1 is 1.50 bits per heavy atom. The van der Waals surface area contributed by atoms with E-state index in [4.69, 9.17) is 4.74 Å². The van der Waals surface area contributed by atoms with E-state index in [1.807, 2.05) is 5.38 Å². The van der Waals surface area contributed by atoms with Gasteiger partial charge in [-0.15, -0.1) is 11.3 Å². The normalized spacial score (nSPS) is 10.1. The molecule has 1 N–H and O–H groups in total. The summed E-state index contributed by atoms with van der Waals surface area (Å²) in [7, 11) is 1.56. The van der Waals surface area contributed by atoms with E-state index in [-0.39, 0.29) is 5.82 Å². The highest BCUT2D eigenvalue weighted by Gasteiger charge is 2.04. The van der Waals surface area contributed by atoms with E-state index in [9.17, 15) is 4.39 Å². The minimum atomic E-state index is -0.290. The van der Waals surface area contributed by atoms with Crippen molar-refractivity contribution >= 4 is 17.0 Å². The summed E-state index contributed by atoms with van der Waals surface area (Å²) in [5.41, 5.74) is 3.33. The largest absolute Gasteiger partial charge is 0.495 e. The summed E-state index contributed by atoms with van der Waals surface area (Å²) in [5.74, 6) is 0.332. The Morgan fingerprint density at radius 3 is 3.06 bits per heavy atom. The van der Waals surface area contributed by atoms with E-state index in [1.165, 1.54) is 23.5 Å². The lowest BCUT2D eigenvalue weighted by molar-refractivity contribution is 0.415. The minimum absolute atomic E-state index is 0.290. The van der Waals surface area contributed by atoms with Crippen molar-refractivity contribution in [1.29, 1.82) is 0 Å². The molecule has 0 bridgehead atoms. The molecule has 1 aromatic heterocycles. The lowest BCUT2D eigenvalue weighted by atomic mass is 10.2. The maximum atomic E-state index is 13.0. The Bertz CT molecular complexity index is 459. The van der Waals surface area contributed by atoms with Crippen LogP contribution in [-0.4, -0.2) is 12.1 Å². The molecule has 0 spiro atoms. The number of aromatic nitrogens is 1. The summed E-state index contributed by atoms with van der Waals surface area (Å²) in [6.45, 7) is 0.559. The van der Waals surface area contributed by atoms with Crippen molar-refractivity contribution in [2.75, 3.05) is 12.4 Å². The van der Waals surface area contributed by atoms with Gasteiger partial charge in [-0.05, 0) is 12.1 Å². The molecule has 1 heterocycles. The average Bonchev–Trinajstić information content (AvgIpc) is 2.79. The SMILES string of the molecule is COc1ccc(F)cc1NCc1cscn1. The third-order valence-corrected chi connectivity index (χ3v) is 2.74. The van der Waals surface area contributed by atoms with Gasteiger partial charge in [-0.1, -0.05) is 0 Å². The van der Waals surface area contributed by atoms with Gasteiger partial charge < -0.3 is 10.1 Å². The molecule has 3 nitrogen and oxygen atoms in total. The zero-order valence-corrected chi connectivity index (χ0v) is 9.55. The second-order valence-electron chi connectivity index (χ2n) is 3.18. The standard InChI is InChI=1S/C11H11FN2OS/c1-15-11-3-2-8(12)4-10(11)13-5-9-6-16-7-14-9/h2-4,6-7,13H,5H2,1H3. The van der Waals surface area contributed by atoms with Crippen molar-refractivity contribution in [3.63, 3.8) is 0 Å². The molecule has 0 fully saturated rings. The van der Waals surface area contributed by atoms with Gasteiger partial charge in [0.05, 0.1) is 30.5 Å². The molecule has 2 aromatic rings. The van der Waals surface area contributed by atoms with Crippen molar-refractivity contribution in [1.82, 2.24) is 4.98 Å². The van der Waals surface area contributed by atoms with Crippen molar-refractivity contribution in [3.05, 3.63) is 40.6 Å². The first-order valence-electron chi connectivity index (χ1n) is 4.74. The fourth-order valence-electron chi connectivity index (χ4n) is 1.33. The number of halogens is 1. The van der Waals surface area contributed by atoms with Crippen molar-refractivity contribution in [3.8, 4) is 5.75 Å². The van der Waals surface area contributed by atoms with Crippen molar-refractivity contribution in [2.45, 2.75) is 6.54 Å². The average molecular weight is 238 g/mol. The number of nitrogens with one attached hydrogen (secondary N) is 1. The van der Waals surface area contributed by atoms with Crippen LogP contribution in [0.3, 0.4) is 0 Å². The summed E-state index contributed by atoms with van der Waals surface area (Å²) >= 11 is 1.53. The van der Waals surface area contributed by atoms with Gasteiger partial charge in [0, 0.05) is 11.4 Å². The Morgan fingerprint density at radius 2 is 2.38 bits per heavy atom. The molecule has 1 aromatic carbocycles. The zero-order chi connectivity index (χ0) is 11.4. The number of benzene rings is 1. The summed E-state index contributed by atoms with van der Waals surface area (Å²) < 4.78 is 18.2. The molecule has 0 radical (unpaired) electrons. The van der Waals surface area contributed by atoms with Gasteiger partial charge in [-0.3, -0.25) is 0 Å². The zero-order valence-electron chi connectivity index (χ0n) is 8.74. The molecule has 0 aliphatic heterocycles. The van der Waals surface area contributed by atoms with Crippen LogP contribution in [0.25, 0.3) is 0 Å². The number of hydrogen-bond donors (Lipinski definition) is 1. The summed E-state index contributed by atoms with van der Waals surface area (Å²) in [4.78, 5) is 4.13. The molecular formula is C11H11FN2OS. The smallest absolute Gasteiger partial charge is 0.142 e. The second-order valence-corrected chi connectivity index (χ2v) is 3.90. The van der Waals surface area contributed by atoms with Gasteiger partial charge in [0.25, 0.3) is 0 Å². The van der Waals surface area contributed by atoms with Crippen LogP contribution in [0.5, 0.6) is 5.75 Å². The molecule has 84 valence electrons. The minimum Gasteiger partial charge on any atom is -0.495 e. The molecule has 2 rings (SSSR count). The van der Waals surface area contributed by atoms with E-state index in [1.54, 1.807) is 18.7 Å². The molecule has 0 saturated heterocycles. The first-order valence-corrected chi connectivity index (χ1v) is 5.68. The Balaban J connectivity index is 2.11. The van der Waals surface area contributed by atoms with Gasteiger partial charge >= 0.3 is 0 Å². The number of hydrogen-bond acceptors (Lipinski definition) is 4. The number of nitrogens with zero attached hydrogens (tertiary/aromatic N) is 1. The van der Waals surface area contributed by atoms with Crippen LogP contribution >= 0.6 is 11.3 Å². The van der Waals surface area contributed by atoms with Gasteiger partial charge in [0.2, 0.25) is 0 Å². The molecule has 0 aliphatic rings. The fourth-order valence-corrected chi connectivity index (χ4v) is 1.89. The highest BCUT2D eigenvalue weighted by molar-refractivity contribution is 7.07. The number of ether oxygens (including phenoxy) is 1. The van der Waals surface area contributed by atoms with E-state index in [0.29, 0.717) is 18.0 Å². The summed E-state index contributed by atoms with van der Waals surface area (Å²) in [6.07, 6.45) is 0. The monoisotopic (exact) mass is 238 g/mol. The first-order chi connectivity index (χ1) is 7.79. The molecule has 0 saturated carbocycles. The fraction of sp³-hybridized carbons (Fsp3) is 0.182. The topological polar surface area (TPSA) is 34.1 Å². The predicted octanol–water partition coefficient (Wildman–Crippen LogP) is 2.90. The van der Waals surface area contributed by atoms with Crippen molar-refractivity contribution < 1.29 is 9.13 Å². The molecular weight excluding hydrogens is 227 g/mol. The highest BCUT2D eigenvalue weighted by Crippen LogP contribution is 2.25. The van der Waals surface area contributed by atoms with Crippen LogP contribution in [-0.2, 0) is 6.54 Å². The molecule has 16 heavy (non-hydrogen) atoms. The maximum absolute atomic E-state index is 13.0. The van der Waals surface area contributed by atoms with Gasteiger partial charge in [-0.25, -0.2) is 9.37 Å². The Kier molecular flexibility index (Phi) is 3.36. The molecule has 0 amide bonds. The van der Waals surface area contributed by atoms with Gasteiger partial charge in [-0.2, -0.15) is 0 Å². The van der Waals surface area contributed by atoms with Crippen LogP contribution in [0.4, 0.5) is 10.1 Å². The van der Waals surface area contributed by atoms with Gasteiger partial charge in [0.1, 0.15) is 11.6 Å². The second kappa shape index (κ2) is 4.94. The first kappa shape index (κ1) is 10.9. The number of thiazole rings is 1. The lowest BCUT2D eigenvalue weighted by Crippen LogP contribution is -2.01. The molecule has 0 unspecified atom stereocenters. The van der Waals surface area contributed by atoms with Crippen LogP contribution in [0.15, 0.2) is 29.1 Å². The Labute approximate surface area is 96.9 Å². The predicted molar refractivity (Wildman–Crippen MR) is 62.4 cm³/mol. The molecule has 0 aliphatic carbocycles. The lowest BCUT2D eigenvalue weighted by Gasteiger charge is -2.09. The van der Waals surface area contributed by atoms with Crippen LogP contribution in [0.1, 0.15) is 5.69 Å². The third kappa shape index (κ3) is 2.49. The van der Waals surface area contributed by atoms with Crippen LogP contribution in [0.2, 0.25) is 0 Å².